The molecule has 13 rings (SSSR count). The normalized spacial score (nSPS) is 26.4. The second kappa shape index (κ2) is 44.3. The van der Waals surface area contributed by atoms with Crippen LogP contribution in [0.15, 0.2) is 181 Å². The van der Waals surface area contributed by atoms with Crippen molar-refractivity contribution in [3.63, 3.8) is 0 Å². The van der Waals surface area contributed by atoms with Crippen molar-refractivity contribution in [1.82, 2.24) is 19.5 Å². The summed E-state index contributed by atoms with van der Waals surface area (Å²) < 4.78 is 218. The molecule has 9 unspecified atom stereocenters. The van der Waals surface area contributed by atoms with Crippen LogP contribution in [0.1, 0.15) is 151 Å². The van der Waals surface area contributed by atoms with Gasteiger partial charge in [0.25, 0.3) is 0 Å². The molecule has 0 bridgehead atoms. The third-order valence-electron chi connectivity index (χ3n) is 19.1. The number of anilines is 2. The molecule has 5 N–H and O–H groups in total. The van der Waals surface area contributed by atoms with Gasteiger partial charge in [0.15, 0.2) is 34.6 Å². The van der Waals surface area contributed by atoms with Gasteiger partial charge in [-0.25, -0.2) is 48.3 Å². The Morgan fingerprint density at radius 1 is 0.456 bits per heavy atom. The third kappa shape index (κ3) is 26.0. The van der Waals surface area contributed by atoms with Crippen LogP contribution in [0.4, 0.5) is 64.3 Å². The lowest BCUT2D eigenvalue weighted by atomic mass is 10.1. The maximum atomic E-state index is 14.9. The number of aliphatic hydroxyl groups excluding tert-OH is 2. The van der Waals surface area contributed by atoms with Gasteiger partial charge in [-0.3, -0.25) is 4.57 Å². The van der Waals surface area contributed by atoms with Gasteiger partial charge in [0, 0.05) is 12.4 Å². The fourth-order valence-electron chi connectivity index (χ4n) is 12.5. The van der Waals surface area contributed by atoms with Crippen molar-refractivity contribution in [3.05, 3.63) is 220 Å². The number of benzene rings is 5. The van der Waals surface area contributed by atoms with E-state index in [2.05, 4.69) is 49.0 Å². The number of halogens is 13. The predicted octanol–water partition coefficient (Wildman–Crippen LogP) is 15.0. The zero-order valence-corrected chi connectivity index (χ0v) is 72.3. The molecule has 6 fully saturated rings. The molecule has 0 amide bonds. The Balaban J connectivity index is 0.000000203. The predicted molar refractivity (Wildman–Crippen MR) is 434 cm³/mol. The smallest absolute Gasteiger partial charge is 0.382 e. The van der Waals surface area contributed by atoms with Crippen LogP contribution < -0.4 is 16.4 Å². The third-order valence-corrected chi connectivity index (χ3v) is 21.3. The number of nitrogens with zero attached hydrogens (tertiary/aromatic N) is 4. The molecule has 41 heteroatoms. The quantitative estimate of drug-likeness (QED) is 0.0146. The Hall–Kier alpha value is -10.2. The second-order valence-electron chi connectivity index (χ2n) is 29.5. The summed E-state index contributed by atoms with van der Waals surface area (Å²) in [5.74, 6) is -26.8. The Bertz CT molecular complexity index is 4560. The largest absolute Gasteiger partial charge is 0.455 e. The minimum atomic E-state index is -3.80. The molecule has 8 heterocycles. The van der Waals surface area contributed by atoms with Crippen molar-refractivity contribution in [3.8, 4) is 0 Å². The van der Waals surface area contributed by atoms with Gasteiger partial charge in [-0.05, 0) is 148 Å². The molecule has 0 spiro atoms. The van der Waals surface area contributed by atoms with Crippen LogP contribution in [-0.2, 0) is 61.7 Å². The molecule has 2 aromatic heterocycles. The fraction of sp³-hybridized carbons (Fsp3) is 0.464. The molecule has 682 valence electrons. The van der Waals surface area contributed by atoms with Gasteiger partial charge < -0.3 is 73.0 Å². The summed E-state index contributed by atoms with van der Waals surface area (Å²) in [5, 5.41) is 17.9. The number of alkyl halides is 13. The standard InChI is InChI=1S/C17H17F2N3O4.C14H16F2O3.C13H13F2IO3.C13H14F2O4.C13H12F2O4.C8H15N3Si.C6H8F2O3/c1-2-11-13(26-14(23)10-6-4-3-5-7-10)17(18,19)15(25-11)22-9-8-12(20)21-16(22)24;1-3-11-12(14(15,16)9(2)18-11)19-13(17)10-7-5-4-6-8-10;1-2-9-10(13(14,15)12(16)18-9)19-11(17)8-6-4-3-5-7-8;2*1-2-9-10(13(14,15)12(17)18-9)19-11(16)8-6-4-3-5-7-8;1-7-9-6-5-8(10-7)11-12(2,3)4;1-2-3-4(9)6(7,8)5(10)11-3/h3-9,11,13,15H,2H2,1H3,(H2,20,21,24);4-9,11-12H,3H2,1-2H3;3-7,9-10,12H,2H2,1H3;3-7,9-10,12,17H,2H2,1H3;3-7,9-10H,2H2,1H3;5-6H,1-4H3,(H,9,10,11);3-4,9H,2H2,1H3/t11-,13?,15-;9?,11-,12?;2*9-,10?,12?;9-,10?;;3-,4?/m11111.1/s1. The van der Waals surface area contributed by atoms with Crippen molar-refractivity contribution in [1.29, 1.82) is 0 Å². The van der Waals surface area contributed by atoms with Crippen LogP contribution in [0, 0.1) is 6.92 Å². The zero-order chi connectivity index (χ0) is 92.9. The molecular formula is C84H95F12IN6O21Si. The van der Waals surface area contributed by atoms with Crippen LogP contribution in [0.25, 0.3) is 0 Å². The summed E-state index contributed by atoms with van der Waals surface area (Å²) in [6.45, 7) is 19.7. The van der Waals surface area contributed by atoms with E-state index in [0.29, 0.717) is 17.4 Å². The summed E-state index contributed by atoms with van der Waals surface area (Å²) in [6, 6.07) is 42.7. The lowest BCUT2D eigenvalue weighted by molar-refractivity contribution is -0.198. The number of carbonyl (C=O) groups is 7. The maximum absolute atomic E-state index is 14.9. The van der Waals surface area contributed by atoms with E-state index in [0.717, 1.165) is 17.8 Å². The van der Waals surface area contributed by atoms with E-state index in [-0.39, 0.29) is 59.3 Å². The van der Waals surface area contributed by atoms with E-state index >= 15 is 0 Å². The maximum Gasteiger partial charge on any atom is 0.382 e. The fourth-order valence-corrected chi connectivity index (χ4v) is 14.1. The molecular weight excluding hydrogens is 1810 g/mol. The number of nitrogens with two attached hydrogens (primary N) is 1. The molecule has 0 aliphatic carbocycles. The van der Waals surface area contributed by atoms with Crippen LogP contribution in [-0.4, -0.2) is 205 Å². The molecule has 6 aliphatic rings. The number of carbonyl (C=O) groups excluding carboxylic acids is 7. The van der Waals surface area contributed by atoms with Gasteiger partial charge in [-0.2, -0.15) is 57.7 Å². The molecule has 6 saturated heterocycles. The van der Waals surface area contributed by atoms with Gasteiger partial charge >= 0.3 is 83.0 Å². The summed E-state index contributed by atoms with van der Waals surface area (Å²) >= 11 is 1.53. The molecule has 16 atom stereocenters. The molecule has 0 radical (unpaired) electrons. The Kier molecular flexibility index (Phi) is 36.1. The van der Waals surface area contributed by atoms with Crippen LogP contribution >= 0.6 is 22.6 Å². The van der Waals surface area contributed by atoms with E-state index in [1.165, 1.54) is 96.2 Å². The summed E-state index contributed by atoms with van der Waals surface area (Å²) in [5.41, 5.74) is 5.39. The van der Waals surface area contributed by atoms with Crippen molar-refractivity contribution in [2.45, 2.75) is 245 Å². The Morgan fingerprint density at radius 2 is 0.800 bits per heavy atom. The number of aromatic nitrogens is 4. The number of aliphatic hydroxyl groups is 2. The highest BCUT2D eigenvalue weighted by molar-refractivity contribution is 14.1. The van der Waals surface area contributed by atoms with E-state index < -0.39 is 187 Å². The molecule has 6 aliphatic heterocycles. The number of aryl methyl sites for hydroxylation is 1. The summed E-state index contributed by atoms with van der Waals surface area (Å²) in [7, 11) is -1.26. The number of rotatable bonds is 19. The van der Waals surface area contributed by atoms with Crippen LogP contribution in [0.2, 0.25) is 19.6 Å². The zero-order valence-electron chi connectivity index (χ0n) is 69.2. The van der Waals surface area contributed by atoms with Gasteiger partial charge in [0.2, 0.25) is 18.6 Å². The monoisotopic (exact) mass is 1910 g/mol. The van der Waals surface area contributed by atoms with Crippen LogP contribution in [0.5, 0.6) is 0 Å². The summed E-state index contributed by atoms with van der Waals surface area (Å²) in [4.78, 5) is 108. The van der Waals surface area contributed by atoms with Crippen molar-refractivity contribution < 1.29 is 149 Å². The molecule has 125 heavy (non-hydrogen) atoms. The molecule has 7 aromatic rings. The molecule has 5 aromatic carbocycles. The van der Waals surface area contributed by atoms with Crippen molar-refractivity contribution in [2.24, 2.45) is 0 Å². The molecule has 0 saturated carbocycles. The number of nitrogen functional groups attached to an aromatic ring is 1. The number of cyclic esters (lactones) is 2. The minimum absolute atomic E-state index is 0.0911. The van der Waals surface area contributed by atoms with E-state index in [1.54, 1.807) is 139 Å². The Labute approximate surface area is 724 Å². The van der Waals surface area contributed by atoms with E-state index in [9.17, 15) is 91.0 Å². The first-order valence-electron chi connectivity index (χ1n) is 39.2. The number of hydrogen-bond donors (Lipinski definition) is 4. The number of hydrogen-bond acceptors (Lipinski definition) is 26. The van der Waals surface area contributed by atoms with Gasteiger partial charge in [0.05, 0.1) is 27.8 Å². The average molecular weight is 1910 g/mol. The highest BCUT2D eigenvalue weighted by Crippen LogP contribution is 2.47. The van der Waals surface area contributed by atoms with E-state index in [1.807, 2.05) is 13.0 Å². The van der Waals surface area contributed by atoms with Gasteiger partial charge in [-0.1, -0.05) is 152 Å². The second-order valence-corrected chi connectivity index (χ2v) is 35.3. The van der Waals surface area contributed by atoms with Crippen molar-refractivity contribution in [2.75, 3.05) is 10.7 Å². The topological polar surface area (TPSA) is 360 Å². The first kappa shape index (κ1) is 102. The summed E-state index contributed by atoms with van der Waals surface area (Å²) in [6.07, 6.45) is -17.5. The SMILES string of the molecule is CC[C@H]1OC(=O)C(F)(F)C1O.CC[C@H]1OC(=O)C(F)(F)C1OC(=O)c1ccccc1.CC[C@H]1OC(C)C(F)(F)C1OC(=O)c1ccccc1.CC[C@H]1OC(I)C(F)(F)C1OC(=O)c1ccccc1.CC[C@H]1OC(O)C(F)(F)C1OC(=O)c1ccccc1.CC[C@H]1O[C@@H](n2ccc(N)nc2=O)C(F)(F)C1OC(=O)c1ccccc1.Cc1nccc(N[Si](C)(C)C)n1. The van der Waals surface area contributed by atoms with E-state index in [4.69, 9.17) is 58.6 Å². The highest BCUT2D eigenvalue weighted by atomic mass is 127. The first-order valence-corrected chi connectivity index (χ1v) is 44.0. The molecule has 27 nitrogen and oxygen atoms in total. The lowest BCUT2D eigenvalue weighted by Gasteiger charge is -2.24. The van der Waals surface area contributed by atoms with Crippen molar-refractivity contribution >= 4 is 84.2 Å². The average Bonchev–Trinajstić information content (AvgIpc) is 1.62. The number of nitrogens with one attached hydrogen (secondary N) is 1. The highest BCUT2D eigenvalue weighted by Gasteiger charge is 2.66. The minimum Gasteiger partial charge on any atom is -0.455 e. The van der Waals surface area contributed by atoms with Gasteiger partial charge in [0.1, 0.15) is 68.4 Å². The number of esters is 7. The Morgan fingerprint density at radius 3 is 1.16 bits per heavy atom. The lowest BCUT2D eigenvalue weighted by Crippen LogP contribution is -2.43. The van der Waals surface area contributed by atoms with Gasteiger partial charge in [-0.15, -0.1) is 0 Å². The number of ether oxygens (including phenoxy) is 11. The van der Waals surface area contributed by atoms with Crippen LogP contribution in [0.3, 0.4) is 0 Å². The first-order chi connectivity index (χ1) is 58.7.